The number of aryl methyl sites for hydroxylation is 1. The summed E-state index contributed by atoms with van der Waals surface area (Å²) in [6, 6.07) is 0. The van der Waals surface area contributed by atoms with Crippen molar-refractivity contribution in [2.45, 2.75) is 46.0 Å². The third-order valence-electron chi connectivity index (χ3n) is 4.22. The normalized spacial score (nSPS) is 18.9. The molecule has 1 atom stereocenters. The highest BCUT2D eigenvalue weighted by molar-refractivity contribution is 7.15. The average molecular weight is 347 g/mol. The Morgan fingerprint density at radius 1 is 1.29 bits per heavy atom. The van der Waals surface area contributed by atoms with Crippen molar-refractivity contribution in [1.82, 2.24) is 25.1 Å². The first-order valence-electron chi connectivity index (χ1n) is 8.77. The lowest BCUT2D eigenvalue weighted by Gasteiger charge is -2.33. The first kappa shape index (κ1) is 17.2. The molecular weight excluding hydrogens is 320 g/mol. The molecule has 3 rings (SSSR count). The van der Waals surface area contributed by atoms with Gasteiger partial charge in [0.15, 0.2) is 5.82 Å². The van der Waals surface area contributed by atoms with Gasteiger partial charge >= 0.3 is 0 Å². The summed E-state index contributed by atoms with van der Waals surface area (Å²) in [6.45, 7) is 10.1. The zero-order valence-corrected chi connectivity index (χ0v) is 15.5. The molecule has 0 aliphatic carbocycles. The van der Waals surface area contributed by atoms with Crippen molar-refractivity contribution < 1.29 is 0 Å². The van der Waals surface area contributed by atoms with Crippen LogP contribution < -0.4 is 5.32 Å². The van der Waals surface area contributed by atoms with E-state index in [1.165, 1.54) is 25.9 Å². The van der Waals surface area contributed by atoms with Crippen LogP contribution in [0.15, 0.2) is 12.4 Å². The third-order valence-corrected chi connectivity index (χ3v) is 5.21. The number of rotatable bonds is 6. The van der Waals surface area contributed by atoms with Gasteiger partial charge < -0.3 is 10.2 Å². The van der Waals surface area contributed by atoms with Crippen LogP contribution in [0.3, 0.4) is 0 Å². The molecule has 0 bridgehead atoms. The third kappa shape index (κ3) is 4.48. The summed E-state index contributed by atoms with van der Waals surface area (Å²) < 4.78 is 0. The van der Waals surface area contributed by atoms with Gasteiger partial charge in [-0.15, -0.1) is 10.2 Å². The van der Waals surface area contributed by atoms with Gasteiger partial charge in [0.05, 0.1) is 18.1 Å². The van der Waals surface area contributed by atoms with E-state index in [2.05, 4.69) is 51.2 Å². The zero-order valence-electron chi connectivity index (χ0n) is 14.7. The van der Waals surface area contributed by atoms with E-state index in [0.29, 0.717) is 11.8 Å². The number of hydrogen-bond acceptors (Lipinski definition) is 7. The van der Waals surface area contributed by atoms with Gasteiger partial charge in [-0.1, -0.05) is 32.1 Å². The summed E-state index contributed by atoms with van der Waals surface area (Å²) in [5, 5.41) is 13.2. The van der Waals surface area contributed by atoms with Crippen molar-refractivity contribution in [2.75, 3.05) is 25.0 Å². The number of nitrogens with zero attached hydrogens (tertiary/aromatic N) is 5. The topological polar surface area (TPSA) is 66.8 Å². The second kappa shape index (κ2) is 7.98. The maximum Gasteiger partial charge on any atom is 0.211 e. The molecular formula is C17H26N6S. The summed E-state index contributed by atoms with van der Waals surface area (Å²) in [7, 11) is 0. The minimum atomic E-state index is 0.493. The number of anilines is 2. The van der Waals surface area contributed by atoms with Crippen molar-refractivity contribution >= 4 is 22.3 Å². The highest BCUT2D eigenvalue weighted by Crippen LogP contribution is 2.26. The number of likely N-dealkylation sites (tertiary alicyclic amines) is 1. The summed E-state index contributed by atoms with van der Waals surface area (Å²) >= 11 is 1.56. The van der Waals surface area contributed by atoms with Crippen molar-refractivity contribution in [1.29, 1.82) is 0 Å². The Hall–Kier alpha value is -1.60. The first-order valence-corrected chi connectivity index (χ1v) is 9.59. The van der Waals surface area contributed by atoms with Crippen LogP contribution in [0.5, 0.6) is 0 Å². The van der Waals surface area contributed by atoms with Crippen LogP contribution in [0.1, 0.15) is 50.2 Å². The largest absolute Gasteiger partial charge is 0.313 e. The van der Waals surface area contributed by atoms with E-state index in [9.17, 15) is 0 Å². The van der Waals surface area contributed by atoms with E-state index in [-0.39, 0.29) is 0 Å². The summed E-state index contributed by atoms with van der Waals surface area (Å²) in [5.41, 5.74) is 1.10. The van der Waals surface area contributed by atoms with Crippen LogP contribution in [0, 0.1) is 5.92 Å². The Bertz CT molecular complexity index is 639. The fourth-order valence-corrected chi connectivity index (χ4v) is 3.84. The molecule has 0 unspecified atom stereocenters. The molecule has 6 nitrogen and oxygen atoms in total. The molecule has 0 amide bonds. The van der Waals surface area contributed by atoms with Crippen LogP contribution in [-0.2, 0) is 6.42 Å². The Morgan fingerprint density at radius 2 is 2.17 bits per heavy atom. The molecule has 0 aromatic carbocycles. The Balaban J connectivity index is 1.61. The molecule has 0 saturated carbocycles. The molecule has 130 valence electrons. The maximum atomic E-state index is 4.64. The predicted octanol–water partition coefficient (Wildman–Crippen LogP) is 3.47. The minimum absolute atomic E-state index is 0.493. The van der Waals surface area contributed by atoms with Gasteiger partial charge in [-0.05, 0) is 31.7 Å². The minimum Gasteiger partial charge on any atom is -0.313 e. The SMILES string of the molecule is CCc1nnc(Nc2cnc([C@@H]3CCCN(CC(C)C)C3)cn2)s1. The van der Waals surface area contributed by atoms with Crippen LogP contribution in [0.4, 0.5) is 10.9 Å². The summed E-state index contributed by atoms with van der Waals surface area (Å²) in [5.74, 6) is 1.93. The second-order valence-corrected chi connectivity index (χ2v) is 7.86. The molecule has 0 radical (unpaired) electrons. The van der Waals surface area contributed by atoms with Gasteiger partial charge in [0.1, 0.15) is 5.01 Å². The average Bonchev–Trinajstić information content (AvgIpc) is 3.03. The zero-order chi connectivity index (χ0) is 16.9. The van der Waals surface area contributed by atoms with Crippen LogP contribution in [0.2, 0.25) is 0 Å². The molecule has 2 aromatic rings. The van der Waals surface area contributed by atoms with Gasteiger partial charge in [-0.25, -0.2) is 4.98 Å². The highest BCUT2D eigenvalue weighted by atomic mass is 32.1. The second-order valence-electron chi connectivity index (χ2n) is 6.80. The lowest BCUT2D eigenvalue weighted by molar-refractivity contribution is 0.186. The standard InChI is InChI=1S/C17H26N6S/c1-4-16-21-22-17(24-16)20-15-9-18-14(8-19-15)13-6-5-7-23(11-13)10-12(2)3/h8-9,12-13H,4-7,10-11H2,1-3H3,(H,19,20,22)/t13-/m1/s1. The van der Waals surface area contributed by atoms with Crippen LogP contribution in [-0.4, -0.2) is 44.7 Å². The number of aromatic nitrogens is 4. The van der Waals surface area contributed by atoms with Crippen molar-refractivity contribution in [3.8, 4) is 0 Å². The highest BCUT2D eigenvalue weighted by Gasteiger charge is 2.23. The van der Waals surface area contributed by atoms with Gasteiger partial charge in [-0.2, -0.15) is 0 Å². The summed E-state index contributed by atoms with van der Waals surface area (Å²) in [4.78, 5) is 11.7. The van der Waals surface area contributed by atoms with E-state index in [1.807, 2.05) is 12.4 Å². The van der Waals surface area contributed by atoms with E-state index in [4.69, 9.17) is 0 Å². The molecule has 1 aliphatic rings. The molecule has 1 N–H and O–H groups in total. The summed E-state index contributed by atoms with van der Waals surface area (Å²) in [6.07, 6.45) is 7.06. The molecule has 1 saturated heterocycles. The lowest BCUT2D eigenvalue weighted by Crippen LogP contribution is -2.37. The fraction of sp³-hybridized carbons (Fsp3) is 0.647. The molecule has 2 aromatic heterocycles. The number of nitrogens with one attached hydrogen (secondary N) is 1. The fourth-order valence-electron chi connectivity index (χ4n) is 3.15. The van der Waals surface area contributed by atoms with Crippen molar-refractivity contribution in [3.63, 3.8) is 0 Å². The van der Waals surface area contributed by atoms with Crippen LogP contribution >= 0.6 is 11.3 Å². The molecule has 7 heteroatoms. The number of piperidine rings is 1. The predicted molar refractivity (Wildman–Crippen MR) is 97.9 cm³/mol. The molecule has 0 spiro atoms. The Morgan fingerprint density at radius 3 is 2.83 bits per heavy atom. The molecule has 1 aliphatic heterocycles. The van der Waals surface area contributed by atoms with Gasteiger partial charge in [0, 0.05) is 19.0 Å². The quantitative estimate of drug-likeness (QED) is 0.864. The monoisotopic (exact) mass is 346 g/mol. The number of hydrogen-bond donors (Lipinski definition) is 1. The molecule has 3 heterocycles. The van der Waals surface area contributed by atoms with Gasteiger partial charge in [-0.3, -0.25) is 4.98 Å². The molecule has 1 fully saturated rings. The van der Waals surface area contributed by atoms with E-state index < -0.39 is 0 Å². The van der Waals surface area contributed by atoms with Gasteiger partial charge in [0.2, 0.25) is 5.13 Å². The van der Waals surface area contributed by atoms with Crippen molar-refractivity contribution in [2.24, 2.45) is 5.92 Å². The Labute approximate surface area is 147 Å². The van der Waals surface area contributed by atoms with E-state index >= 15 is 0 Å². The lowest BCUT2D eigenvalue weighted by atomic mass is 9.94. The maximum absolute atomic E-state index is 4.64. The first-order chi connectivity index (χ1) is 11.6. The van der Waals surface area contributed by atoms with E-state index in [0.717, 1.165) is 34.6 Å². The van der Waals surface area contributed by atoms with E-state index in [1.54, 1.807) is 11.3 Å². The molecule has 24 heavy (non-hydrogen) atoms. The van der Waals surface area contributed by atoms with Crippen LogP contribution in [0.25, 0.3) is 0 Å². The smallest absolute Gasteiger partial charge is 0.211 e. The van der Waals surface area contributed by atoms with Crippen molar-refractivity contribution in [3.05, 3.63) is 23.1 Å². The van der Waals surface area contributed by atoms with Gasteiger partial charge in [0.25, 0.3) is 0 Å². The Kier molecular flexibility index (Phi) is 5.73.